The number of nitrogens with zero attached hydrogens (tertiary/aromatic N) is 2. The predicted molar refractivity (Wildman–Crippen MR) is 132 cm³/mol. The number of hydrogen-bond donors (Lipinski definition) is 1. The number of fused-ring (bicyclic) bond motifs is 1. The lowest BCUT2D eigenvalue weighted by molar-refractivity contribution is 0.0930. The van der Waals surface area contributed by atoms with Crippen LogP contribution in [-0.2, 0) is 5.54 Å². The van der Waals surface area contributed by atoms with Crippen molar-refractivity contribution in [3.63, 3.8) is 0 Å². The van der Waals surface area contributed by atoms with Crippen molar-refractivity contribution in [3.05, 3.63) is 77.1 Å². The Balaban J connectivity index is 1.39. The number of carbonyl (C=O) groups is 1. The van der Waals surface area contributed by atoms with Gasteiger partial charge in [-0.3, -0.25) is 4.79 Å². The van der Waals surface area contributed by atoms with E-state index in [0.29, 0.717) is 11.4 Å². The van der Waals surface area contributed by atoms with Crippen molar-refractivity contribution >= 4 is 22.4 Å². The molecule has 4 nitrogen and oxygen atoms in total. The molecule has 1 N–H and O–H groups in total. The van der Waals surface area contributed by atoms with Crippen LogP contribution in [0.4, 0.5) is 10.1 Å². The average Bonchev–Trinajstić information content (AvgIpc) is 3.60. The van der Waals surface area contributed by atoms with E-state index < -0.39 is 5.54 Å². The molecule has 2 fully saturated rings. The van der Waals surface area contributed by atoms with Gasteiger partial charge in [-0.2, -0.15) is 0 Å². The van der Waals surface area contributed by atoms with Crippen molar-refractivity contribution in [2.24, 2.45) is 0 Å². The third-order valence-electron chi connectivity index (χ3n) is 7.51. The molecule has 1 aliphatic heterocycles. The van der Waals surface area contributed by atoms with E-state index in [1.165, 1.54) is 6.07 Å². The second kappa shape index (κ2) is 8.45. The Morgan fingerprint density at radius 2 is 1.73 bits per heavy atom. The Morgan fingerprint density at radius 3 is 2.39 bits per heavy atom. The maximum Gasteiger partial charge on any atom is 0.252 e. The molecule has 0 radical (unpaired) electrons. The molecule has 2 aliphatic rings. The van der Waals surface area contributed by atoms with Crippen LogP contribution in [0.25, 0.3) is 10.8 Å². The lowest BCUT2D eigenvalue weighted by Gasteiger charge is -2.36. The molecule has 1 saturated heterocycles. The number of benzene rings is 3. The Bertz CT molecular complexity index is 1190. The lowest BCUT2D eigenvalue weighted by atomic mass is 9.95. The molecule has 5 rings (SSSR count). The molecule has 1 amide bonds. The van der Waals surface area contributed by atoms with E-state index in [2.05, 4.69) is 41.3 Å². The van der Waals surface area contributed by atoms with Gasteiger partial charge in [0.1, 0.15) is 5.82 Å². The summed E-state index contributed by atoms with van der Waals surface area (Å²) in [5, 5.41) is 4.80. The largest absolute Gasteiger partial charge is 0.371 e. The van der Waals surface area contributed by atoms with Gasteiger partial charge in [0.05, 0.1) is 5.54 Å². The van der Waals surface area contributed by atoms with Gasteiger partial charge >= 0.3 is 0 Å². The molecule has 0 bridgehead atoms. The second-order valence-corrected chi connectivity index (χ2v) is 9.86. The van der Waals surface area contributed by atoms with Crippen LogP contribution in [0.5, 0.6) is 0 Å². The molecule has 33 heavy (non-hydrogen) atoms. The van der Waals surface area contributed by atoms with Gasteiger partial charge in [0.25, 0.3) is 5.91 Å². The van der Waals surface area contributed by atoms with Crippen molar-refractivity contribution in [3.8, 4) is 0 Å². The minimum Gasteiger partial charge on any atom is -0.371 e. The van der Waals surface area contributed by atoms with Crippen LogP contribution in [0.1, 0.15) is 47.2 Å². The topological polar surface area (TPSA) is 35.6 Å². The first-order valence-electron chi connectivity index (χ1n) is 11.9. The fourth-order valence-corrected chi connectivity index (χ4v) is 5.24. The quantitative estimate of drug-likeness (QED) is 0.584. The lowest BCUT2D eigenvalue weighted by Crippen LogP contribution is -2.42. The summed E-state index contributed by atoms with van der Waals surface area (Å²) in [7, 11) is 4.29. The molecular weight excluding hydrogens is 413 g/mol. The van der Waals surface area contributed by atoms with Crippen LogP contribution in [0.2, 0.25) is 0 Å². The Hall–Kier alpha value is -2.92. The van der Waals surface area contributed by atoms with Crippen molar-refractivity contribution < 1.29 is 9.18 Å². The van der Waals surface area contributed by atoms with E-state index in [4.69, 9.17) is 0 Å². The summed E-state index contributed by atoms with van der Waals surface area (Å²) >= 11 is 0. The number of nitrogens with one attached hydrogen (secondary N) is 1. The van der Waals surface area contributed by atoms with E-state index in [9.17, 15) is 9.18 Å². The minimum atomic E-state index is -0.420. The van der Waals surface area contributed by atoms with Gasteiger partial charge in [-0.05, 0) is 81.4 Å². The molecule has 0 unspecified atom stereocenters. The Morgan fingerprint density at radius 1 is 1.03 bits per heavy atom. The van der Waals surface area contributed by atoms with Crippen molar-refractivity contribution in [1.29, 1.82) is 0 Å². The SMILES string of the molecule is Cc1ccc(N2CCC(N(C)C)CC2)cc1C(=O)NC1(c2ccc(F)c3ccccc23)CC1. The van der Waals surface area contributed by atoms with Gasteiger partial charge in [0, 0.05) is 35.8 Å². The summed E-state index contributed by atoms with van der Waals surface area (Å²) in [5.41, 5.74) is 3.39. The first-order valence-corrected chi connectivity index (χ1v) is 11.9. The van der Waals surface area contributed by atoms with Crippen LogP contribution in [0.15, 0.2) is 54.6 Å². The Labute approximate surface area is 195 Å². The van der Waals surface area contributed by atoms with Gasteiger partial charge in [-0.1, -0.05) is 36.4 Å². The predicted octanol–water partition coefficient (Wildman–Crippen LogP) is 5.24. The first kappa shape index (κ1) is 21.9. The number of amides is 1. The van der Waals surface area contributed by atoms with Gasteiger partial charge in [-0.25, -0.2) is 4.39 Å². The number of halogens is 1. The molecule has 3 aromatic rings. The van der Waals surface area contributed by atoms with Crippen molar-refractivity contribution in [2.45, 2.75) is 44.2 Å². The van der Waals surface area contributed by atoms with E-state index >= 15 is 0 Å². The molecular formula is C28H32FN3O. The van der Waals surface area contributed by atoms with Crippen LogP contribution < -0.4 is 10.2 Å². The summed E-state index contributed by atoms with van der Waals surface area (Å²) < 4.78 is 14.4. The monoisotopic (exact) mass is 445 g/mol. The minimum absolute atomic E-state index is 0.0524. The molecule has 1 heterocycles. The highest BCUT2D eigenvalue weighted by atomic mass is 19.1. The van der Waals surface area contributed by atoms with Crippen LogP contribution in [-0.4, -0.2) is 44.0 Å². The fourth-order valence-electron chi connectivity index (χ4n) is 5.24. The molecule has 0 spiro atoms. The van der Waals surface area contributed by atoms with E-state index in [-0.39, 0.29) is 11.7 Å². The number of aryl methyl sites for hydroxylation is 1. The van der Waals surface area contributed by atoms with E-state index in [0.717, 1.165) is 66.5 Å². The van der Waals surface area contributed by atoms with Crippen molar-refractivity contribution in [2.75, 3.05) is 32.1 Å². The Kier molecular flexibility index (Phi) is 5.61. The summed E-state index contributed by atoms with van der Waals surface area (Å²) in [5.74, 6) is -0.276. The molecule has 1 saturated carbocycles. The van der Waals surface area contributed by atoms with Crippen LogP contribution in [0.3, 0.4) is 0 Å². The van der Waals surface area contributed by atoms with Gasteiger partial charge in [0.15, 0.2) is 0 Å². The second-order valence-electron chi connectivity index (χ2n) is 9.86. The third-order valence-corrected chi connectivity index (χ3v) is 7.51. The number of carbonyl (C=O) groups excluding carboxylic acids is 1. The summed E-state index contributed by atoms with van der Waals surface area (Å²) in [6, 6.07) is 17.7. The van der Waals surface area contributed by atoms with Crippen LogP contribution >= 0.6 is 0 Å². The average molecular weight is 446 g/mol. The maximum atomic E-state index is 14.4. The highest BCUT2D eigenvalue weighted by Gasteiger charge is 2.47. The molecule has 172 valence electrons. The normalized spacial score (nSPS) is 18.0. The highest BCUT2D eigenvalue weighted by molar-refractivity contribution is 5.98. The van der Waals surface area contributed by atoms with Gasteiger partial charge in [0.2, 0.25) is 0 Å². The van der Waals surface area contributed by atoms with E-state index in [1.54, 1.807) is 6.07 Å². The summed E-state index contributed by atoms with van der Waals surface area (Å²) in [4.78, 5) is 18.2. The third kappa shape index (κ3) is 4.10. The molecule has 3 aromatic carbocycles. The zero-order valence-electron chi connectivity index (χ0n) is 19.7. The van der Waals surface area contributed by atoms with Crippen molar-refractivity contribution in [1.82, 2.24) is 10.2 Å². The maximum absolute atomic E-state index is 14.4. The van der Waals surface area contributed by atoms with E-state index in [1.807, 2.05) is 37.3 Å². The summed E-state index contributed by atoms with van der Waals surface area (Å²) in [6.07, 6.45) is 3.99. The molecule has 5 heteroatoms. The first-order chi connectivity index (χ1) is 15.9. The number of rotatable bonds is 5. The smallest absolute Gasteiger partial charge is 0.252 e. The standard InChI is InChI=1S/C28H32FN3O/c1-19-8-9-21(32-16-12-20(13-17-32)31(2)3)18-24(19)27(33)30-28(14-15-28)25-10-11-26(29)23-7-5-4-6-22(23)25/h4-11,18,20H,12-17H2,1-3H3,(H,30,33). The molecule has 0 atom stereocenters. The zero-order chi connectivity index (χ0) is 23.2. The summed E-state index contributed by atoms with van der Waals surface area (Å²) in [6.45, 7) is 3.99. The fraction of sp³-hybridized carbons (Fsp3) is 0.393. The molecule has 1 aliphatic carbocycles. The number of piperidine rings is 1. The highest BCUT2D eigenvalue weighted by Crippen LogP contribution is 2.48. The number of anilines is 1. The molecule has 0 aromatic heterocycles. The number of hydrogen-bond acceptors (Lipinski definition) is 3. The van der Waals surface area contributed by atoms with Crippen LogP contribution in [0, 0.1) is 12.7 Å². The van der Waals surface area contributed by atoms with Gasteiger partial charge in [-0.15, -0.1) is 0 Å². The van der Waals surface area contributed by atoms with Gasteiger partial charge < -0.3 is 15.1 Å². The zero-order valence-corrected chi connectivity index (χ0v) is 19.7.